The van der Waals surface area contributed by atoms with Gasteiger partial charge in [0.25, 0.3) is 0 Å². The molecule has 28 heavy (non-hydrogen) atoms. The van der Waals surface area contributed by atoms with E-state index in [9.17, 15) is 0 Å². The summed E-state index contributed by atoms with van der Waals surface area (Å²) >= 11 is 0. The Bertz CT molecular complexity index is 900. The van der Waals surface area contributed by atoms with E-state index in [2.05, 4.69) is 59.5 Å². The first-order chi connectivity index (χ1) is 13.8. The Kier molecular flexibility index (Phi) is 4.92. The van der Waals surface area contributed by atoms with Gasteiger partial charge in [0.2, 0.25) is 6.79 Å². The van der Waals surface area contributed by atoms with Crippen LogP contribution in [0.4, 0.5) is 0 Å². The molecule has 0 radical (unpaired) electrons. The summed E-state index contributed by atoms with van der Waals surface area (Å²) in [6.07, 6.45) is 9.62. The number of rotatable bonds is 4. The fourth-order valence-corrected chi connectivity index (χ4v) is 4.63. The Hall–Kier alpha value is -2.52. The van der Waals surface area contributed by atoms with Gasteiger partial charge in [-0.25, -0.2) is 0 Å². The molecular formula is C25H27NO2. The van der Waals surface area contributed by atoms with Crippen molar-refractivity contribution in [2.75, 3.05) is 26.4 Å². The van der Waals surface area contributed by atoms with E-state index in [4.69, 9.17) is 9.47 Å². The highest BCUT2D eigenvalue weighted by Crippen LogP contribution is 2.38. The minimum atomic E-state index is 0.341. The van der Waals surface area contributed by atoms with Gasteiger partial charge in [0.15, 0.2) is 11.5 Å². The molecule has 1 atom stereocenters. The molecule has 144 valence electrons. The molecule has 1 aliphatic carbocycles. The summed E-state index contributed by atoms with van der Waals surface area (Å²) in [5, 5.41) is 0. The van der Waals surface area contributed by atoms with Gasteiger partial charge in [-0.1, -0.05) is 48.6 Å². The Labute approximate surface area is 167 Å². The summed E-state index contributed by atoms with van der Waals surface area (Å²) in [6, 6.07) is 17.2. The molecule has 2 heterocycles. The molecule has 0 amide bonds. The summed E-state index contributed by atoms with van der Waals surface area (Å²) in [6.45, 7) is 3.78. The van der Waals surface area contributed by atoms with E-state index in [0.29, 0.717) is 6.79 Å². The van der Waals surface area contributed by atoms with Gasteiger partial charge in [0.1, 0.15) is 0 Å². The molecule has 1 unspecified atom stereocenters. The maximum absolute atomic E-state index is 5.56. The minimum absolute atomic E-state index is 0.341. The molecule has 3 heteroatoms. The Balaban J connectivity index is 1.21. The molecule has 0 aromatic heterocycles. The Morgan fingerprint density at radius 2 is 1.79 bits per heavy atom. The van der Waals surface area contributed by atoms with Crippen LogP contribution in [0.2, 0.25) is 0 Å². The predicted molar refractivity (Wildman–Crippen MR) is 113 cm³/mol. The predicted octanol–water partition coefficient (Wildman–Crippen LogP) is 5.39. The molecule has 0 N–H and O–H groups in total. The van der Waals surface area contributed by atoms with Gasteiger partial charge in [0, 0.05) is 19.6 Å². The minimum Gasteiger partial charge on any atom is -0.454 e. The van der Waals surface area contributed by atoms with Crippen LogP contribution in [0.3, 0.4) is 0 Å². The van der Waals surface area contributed by atoms with Gasteiger partial charge in [-0.3, -0.25) is 4.90 Å². The number of benzene rings is 2. The average Bonchev–Trinajstić information content (AvgIpc) is 3.23. The summed E-state index contributed by atoms with van der Waals surface area (Å²) in [4.78, 5) is 2.62. The first kappa shape index (κ1) is 17.6. The fraction of sp³-hybridized carbons (Fsp3) is 0.360. The maximum atomic E-state index is 5.56. The van der Waals surface area contributed by atoms with Crippen molar-refractivity contribution in [1.29, 1.82) is 0 Å². The Morgan fingerprint density at radius 3 is 2.64 bits per heavy atom. The third kappa shape index (κ3) is 3.72. The lowest BCUT2D eigenvalue weighted by Crippen LogP contribution is -2.33. The van der Waals surface area contributed by atoms with Crippen LogP contribution in [-0.4, -0.2) is 31.3 Å². The highest BCUT2D eigenvalue weighted by atomic mass is 16.7. The topological polar surface area (TPSA) is 21.7 Å². The molecule has 0 spiro atoms. The largest absolute Gasteiger partial charge is 0.454 e. The molecule has 0 saturated carbocycles. The van der Waals surface area contributed by atoms with Crippen molar-refractivity contribution in [3.63, 3.8) is 0 Å². The molecule has 2 aliphatic heterocycles. The number of ether oxygens (including phenoxy) is 2. The van der Waals surface area contributed by atoms with Gasteiger partial charge < -0.3 is 9.47 Å². The van der Waals surface area contributed by atoms with Crippen molar-refractivity contribution >= 4 is 11.1 Å². The zero-order chi connectivity index (χ0) is 18.8. The third-order valence-electron chi connectivity index (χ3n) is 6.17. The van der Waals surface area contributed by atoms with Crippen LogP contribution in [0, 0.1) is 5.92 Å². The average molecular weight is 373 g/mol. The van der Waals surface area contributed by atoms with Gasteiger partial charge >= 0.3 is 0 Å². The quantitative estimate of drug-likeness (QED) is 0.717. The lowest BCUT2D eigenvalue weighted by Gasteiger charge is -2.32. The van der Waals surface area contributed by atoms with Crippen molar-refractivity contribution in [2.24, 2.45) is 5.92 Å². The van der Waals surface area contributed by atoms with Crippen LogP contribution in [-0.2, 0) is 0 Å². The monoisotopic (exact) mass is 373 g/mol. The molecule has 5 rings (SSSR count). The molecule has 0 saturated heterocycles. The molecule has 0 fully saturated rings. The van der Waals surface area contributed by atoms with Crippen LogP contribution in [0.1, 0.15) is 36.8 Å². The van der Waals surface area contributed by atoms with Crippen LogP contribution in [0.5, 0.6) is 11.5 Å². The van der Waals surface area contributed by atoms with Crippen molar-refractivity contribution in [3.8, 4) is 11.5 Å². The van der Waals surface area contributed by atoms with E-state index in [0.717, 1.165) is 36.8 Å². The van der Waals surface area contributed by atoms with E-state index in [1.807, 2.05) is 6.07 Å². The molecular weight excluding hydrogens is 346 g/mol. The van der Waals surface area contributed by atoms with Crippen molar-refractivity contribution < 1.29 is 9.47 Å². The van der Waals surface area contributed by atoms with Gasteiger partial charge in [0.05, 0.1) is 0 Å². The number of fused-ring (bicyclic) bond motifs is 1. The second kappa shape index (κ2) is 7.84. The summed E-state index contributed by atoms with van der Waals surface area (Å²) in [5.41, 5.74) is 5.64. The maximum Gasteiger partial charge on any atom is 0.231 e. The van der Waals surface area contributed by atoms with Crippen molar-refractivity contribution in [3.05, 3.63) is 71.8 Å². The molecule has 3 nitrogen and oxygen atoms in total. The highest BCUT2D eigenvalue weighted by Gasteiger charge is 2.22. The standard InChI is InChI=1S/C25H27NO2/c1-2-6-20(7-3-1)21-11-13-26(14-12-21)17-19-5-4-8-22(15-19)23-9-10-24-25(16-23)28-18-27-24/h1-3,6-11,16,19H,4-5,12-15,17-18H2. The first-order valence-corrected chi connectivity index (χ1v) is 10.4. The lowest BCUT2D eigenvalue weighted by molar-refractivity contribution is 0.174. The summed E-state index contributed by atoms with van der Waals surface area (Å²) in [7, 11) is 0. The van der Waals surface area contributed by atoms with E-state index in [1.165, 1.54) is 48.2 Å². The summed E-state index contributed by atoms with van der Waals surface area (Å²) in [5.74, 6) is 2.48. The normalized spacial score (nSPS) is 21.9. The smallest absolute Gasteiger partial charge is 0.231 e. The van der Waals surface area contributed by atoms with Gasteiger partial charge in [-0.2, -0.15) is 0 Å². The summed E-state index contributed by atoms with van der Waals surface area (Å²) < 4.78 is 11.0. The third-order valence-corrected chi connectivity index (χ3v) is 6.17. The van der Waals surface area contributed by atoms with E-state index in [1.54, 1.807) is 0 Å². The number of hydrogen-bond donors (Lipinski definition) is 0. The molecule has 3 aliphatic rings. The van der Waals surface area contributed by atoms with E-state index >= 15 is 0 Å². The van der Waals surface area contributed by atoms with Crippen LogP contribution >= 0.6 is 0 Å². The second-order valence-corrected chi connectivity index (χ2v) is 8.05. The second-order valence-electron chi connectivity index (χ2n) is 8.05. The zero-order valence-electron chi connectivity index (χ0n) is 16.3. The van der Waals surface area contributed by atoms with Gasteiger partial charge in [-0.15, -0.1) is 0 Å². The van der Waals surface area contributed by atoms with Crippen molar-refractivity contribution in [2.45, 2.75) is 25.7 Å². The zero-order valence-corrected chi connectivity index (χ0v) is 16.3. The number of allylic oxidation sites excluding steroid dienone is 2. The lowest BCUT2D eigenvalue weighted by atomic mass is 9.85. The highest BCUT2D eigenvalue weighted by molar-refractivity contribution is 5.69. The number of nitrogens with zero attached hydrogens (tertiary/aromatic N) is 1. The van der Waals surface area contributed by atoms with E-state index in [-0.39, 0.29) is 0 Å². The van der Waals surface area contributed by atoms with Crippen molar-refractivity contribution in [1.82, 2.24) is 4.90 Å². The number of hydrogen-bond acceptors (Lipinski definition) is 3. The van der Waals surface area contributed by atoms with Gasteiger partial charge in [-0.05, 0) is 66.0 Å². The first-order valence-electron chi connectivity index (χ1n) is 10.4. The molecule has 2 aromatic rings. The molecule has 2 aromatic carbocycles. The van der Waals surface area contributed by atoms with Crippen LogP contribution < -0.4 is 9.47 Å². The van der Waals surface area contributed by atoms with Crippen LogP contribution in [0.15, 0.2) is 60.7 Å². The van der Waals surface area contributed by atoms with E-state index < -0.39 is 0 Å². The Morgan fingerprint density at radius 1 is 0.893 bits per heavy atom. The molecule has 0 bridgehead atoms. The fourth-order valence-electron chi connectivity index (χ4n) is 4.63. The van der Waals surface area contributed by atoms with Crippen LogP contribution in [0.25, 0.3) is 11.1 Å². The SMILES string of the molecule is C1=C(c2ccccc2)CCN(CC2CCC=C(c3ccc4c(c3)OCO4)C2)C1.